The molecule has 0 heterocycles. The van der Waals surface area contributed by atoms with Gasteiger partial charge in [-0.2, -0.15) is 0 Å². The molecule has 2 atom stereocenters. The van der Waals surface area contributed by atoms with Gasteiger partial charge < -0.3 is 0 Å². The molecule has 145 valence electrons. The van der Waals surface area contributed by atoms with Crippen molar-refractivity contribution in [1.29, 1.82) is 0 Å². The first-order valence-corrected chi connectivity index (χ1v) is 11.6. The van der Waals surface area contributed by atoms with Gasteiger partial charge in [0.25, 0.3) is 0 Å². The van der Waals surface area contributed by atoms with E-state index in [1.165, 1.54) is 109 Å². The Morgan fingerprint density at radius 1 is 0.500 bits per heavy atom. The van der Waals surface area contributed by atoms with Crippen molar-refractivity contribution in [2.45, 2.75) is 137 Å². The molecule has 0 bridgehead atoms. The highest BCUT2D eigenvalue weighted by Crippen LogP contribution is 2.26. The van der Waals surface area contributed by atoms with Gasteiger partial charge in [0.2, 0.25) is 0 Å². The number of rotatable bonds is 19. The quantitative estimate of drug-likeness (QED) is 0.206. The lowest BCUT2D eigenvalue weighted by Gasteiger charge is -2.21. The maximum Gasteiger partial charge on any atom is -0.0326 e. The maximum atomic E-state index is 2.74. The Bertz CT molecular complexity index is 220. The molecule has 0 spiro atoms. The molecule has 0 aromatic carbocycles. The van der Waals surface area contributed by atoms with Crippen LogP contribution in [0, 0.1) is 18.3 Å². The Kier molecular flexibility index (Phi) is 19.3. The van der Waals surface area contributed by atoms with Crippen molar-refractivity contribution in [3.05, 3.63) is 6.42 Å². The van der Waals surface area contributed by atoms with E-state index in [0.717, 1.165) is 11.8 Å². The summed E-state index contributed by atoms with van der Waals surface area (Å²) >= 11 is 0. The number of unbranched alkanes of at least 4 members (excludes halogenated alkanes) is 11. The molecule has 0 nitrogen and oxygen atoms in total. The van der Waals surface area contributed by atoms with Crippen LogP contribution in [0.15, 0.2) is 0 Å². The van der Waals surface area contributed by atoms with Crippen LogP contribution in [-0.2, 0) is 0 Å². The minimum Gasteiger partial charge on any atom is -0.0654 e. The fourth-order valence-electron chi connectivity index (χ4n) is 3.81. The molecule has 0 N–H and O–H groups in total. The third-order valence-corrected chi connectivity index (χ3v) is 5.47. The van der Waals surface area contributed by atoms with Crippen LogP contribution in [0.25, 0.3) is 0 Å². The first kappa shape index (κ1) is 24.0. The summed E-state index contributed by atoms with van der Waals surface area (Å²) in [6.07, 6.45) is 27.0. The number of hydrogen-bond donors (Lipinski definition) is 0. The topological polar surface area (TPSA) is 0 Å². The van der Waals surface area contributed by atoms with Gasteiger partial charge in [0.1, 0.15) is 0 Å². The van der Waals surface area contributed by atoms with Gasteiger partial charge in [-0.25, -0.2) is 0 Å². The molecule has 0 aliphatic carbocycles. The molecule has 0 heteroatoms. The minimum atomic E-state index is 0.832. The molecule has 0 fully saturated rings. The van der Waals surface area contributed by atoms with Crippen LogP contribution in [0.2, 0.25) is 0 Å². The Labute approximate surface area is 155 Å². The van der Waals surface area contributed by atoms with Gasteiger partial charge in [0.15, 0.2) is 0 Å². The van der Waals surface area contributed by atoms with E-state index in [2.05, 4.69) is 34.1 Å². The van der Waals surface area contributed by atoms with Crippen molar-refractivity contribution in [3.63, 3.8) is 0 Å². The molecule has 0 aliphatic rings. The van der Waals surface area contributed by atoms with E-state index in [-0.39, 0.29) is 0 Å². The van der Waals surface area contributed by atoms with E-state index in [1.54, 1.807) is 0 Å². The smallest absolute Gasteiger partial charge is 0.0326 e. The van der Waals surface area contributed by atoms with Gasteiger partial charge in [0, 0.05) is 0 Å². The molecular formula is C24H49. The van der Waals surface area contributed by atoms with Gasteiger partial charge in [0.05, 0.1) is 0 Å². The van der Waals surface area contributed by atoms with Crippen molar-refractivity contribution in [2.75, 3.05) is 0 Å². The summed E-state index contributed by atoms with van der Waals surface area (Å²) in [5, 5.41) is 0. The molecule has 0 saturated heterocycles. The molecule has 24 heavy (non-hydrogen) atoms. The summed E-state index contributed by atoms with van der Waals surface area (Å²) < 4.78 is 0. The van der Waals surface area contributed by atoms with Gasteiger partial charge in [-0.1, -0.05) is 137 Å². The Morgan fingerprint density at radius 2 is 0.875 bits per heavy atom. The van der Waals surface area contributed by atoms with E-state index in [1.807, 2.05) is 0 Å². The van der Waals surface area contributed by atoms with Crippen LogP contribution in [0.5, 0.6) is 0 Å². The fraction of sp³-hybridized carbons (Fsp3) is 0.958. The summed E-state index contributed by atoms with van der Waals surface area (Å²) in [5.74, 6) is 1.73. The highest BCUT2D eigenvalue weighted by Gasteiger charge is 2.13. The van der Waals surface area contributed by atoms with E-state index in [0.29, 0.717) is 0 Å². The molecule has 0 saturated carbocycles. The first-order chi connectivity index (χ1) is 11.7. The normalized spacial score (nSPS) is 14.0. The average molecular weight is 338 g/mol. The van der Waals surface area contributed by atoms with E-state index in [4.69, 9.17) is 0 Å². The van der Waals surface area contributed by atoms with E-state index >= 15 is 0 Å². The molecule has 2 unspecified atom stereocenters. The highest BCUT2D eigenvalue weighted by atomic mass is 14.2. The van der Waals surface area contributed by atoms with Crippen LogP contribution in [-0.4, -0.2) is 0 Å². The van der Waals surface area contributed by atoms with Crippen LogP contribution < -0.4 is 0 Å². The van der Waals surface area contributed by atoms with Gasteiger partial charge in [-0.3, -0.25) is 0 Å². The first-order valence-electron chi connectivity index (χ1n) is 11.6. The zero-order valence-electron chi connectivity index (χ0n) is 17.8. The van der Waals surface area contributed by atoms with Crippen LogP contribution >= 0.6 is 0 Å². The third kappa shape index (κ3) is 16.8. The Morgan fingerprint density at radius 3 is 1.38 bits per heavy atom. The largest absolute Gasteiger partial charge is 0.0654 e. The molecule has 0 rings (SSSR count). The van der Waals surface area contributed by atoms with E-state index in [9.17, 15) is 0 Å². The number of hydrogen-bond acceptors (Lipinski definition) is 0. The predicted molar refractivity (Wildman–Crippen MR) is 112 cm³/mol. The summed E-state index contributed by atoms with van der Waals surface area (Å²) in [6.45, 7) is 9.40. The minimum absolute atomic E-state index is 0.832. The average Bonchev–Trinajstić information content (AvgIpc) is 2.58. The van der Waals surface area contributed by atoms with Crippen molar-refractivity contribution >= 4 is 0 Å². The Hall–Kier alpha value is 0. The standard InChI is InChI=1S/C24H49/c1-5-8-11-14-15-18-21-24(20-17-13-10-7-3)22-23(4)19-16-12-9-6-2/h22-24H,5-21H2,1-4H3. The van der Waals surface area contributed by atoms with E-state index < -0.39 is 0 Å². The maximum absolute atomic E-state index is 2.74. The third-order valence-electron chi connectivity index (χ3n) is 5.47. The lowest BCUT2D eigenvalue weighted by Crippen LogP contribution is -2.08. The fourth-order valence-corrected chi connectivity index (χ4v) is 3.81. The summed E-state index contributed by atoms with van der Waals surface area (Å²) in [7, 11) is 0. The lowest BCUT2D eigenvalue weighted by atomic mass is 9.85. The Balaban J connectivity index is 3.92. The van der Waals surface area contributed by atoms with Crippen LogP contribution in [0.1, 0.15) is 137 Å². The molecule has 0 aromatic heterocycles. The summed E-state index contributed by atoms with van der Waals surface area (Å²) in [5.41, 5.74) is 0. The molecule has 0 amide bonds. The second-order valence-electron chi connectivity index (χ2n) is 8.18. The van der Waals surface area contributed by atoms with Gasteiger partial charge in [-0.05, 0) is 18.3 Å². The zero-order valence-corrected chi connectivity index (χ0v) is 17.8. The molecule has 0 aromatic rings. The van der Waals surface area contributed by atoms with Crippen molar-refractivity contribution < 1.29 is 0 Å². The van der Waals surface area contributed by atoms with Crippen LogP contribution in [0.4, 0.5) is 0 Å². The molecule has 1 radical (unpaired) electrons. The second-order valence-corrected chi connectivity index (χ2v) is 8.18. The monoisotopic (exact) mass is 337 g/mol. The van der Waals surface area contributed by atoms with Crippen molar-refractivity contribution in [1.82, 2.24) is 0 Å². The van der Waals surface area contributed by atoms with Gasteiger partial charge in [-0.15, -0.1) is 0 Å². The second kappa shape index (κ2) is 19.3. The summed E-state index contributed by atoms with van der Waals surface area (Å²) in [6, 6.07) is 0. The summed E-state index contributed by atoms with van der Waals surface area (Å²) in [4.78, 5) is 0. The zero-order chi connectivity index (χ0) is 17.9. The van der Waals surface area contributed by atoms with Crippen molar-refractivity contribution in [2.24, 2.45) is 11.8 Å². The van der Waals surface area contributed by atoms with Gasteiger partial charge >= 0.3 is 0 Å². The highest BCUT2D eigenvalue weighted by molar-refractivity contribution is 4.81. The molecular weight excluding hydrogens is 288 g/mol. The molecule has 0 aliphatic heterocycles. The van der Waals surface area contributed by atoms with Crippen LogP contribution in [0.3, 0.4) is 0 Å². The predicted octanol–water partition coefficient (Wildman–Crippen LogP) is 9.13. The lowest BCUT2D eigenvalue weighted by molar-refractivity contribution is 0.398. The van der Waals surface area contributed by atoms with Crippen molar-refractivity contribution in [3.8, 4) is 0 Å². The SMILES string of the molecule is CCCCCCCCC([CH]C(C)CCCCCC)CCCCCC.